The molecule has 0 saturated heterocycles. The molecule has 3 aromatic carbocycles. The molecule has 4 aromatic rings. The Morgan fingerprint density at radius 2 is 1.57 bits per heavy atom. The highest BCUT2D eigenvalue weighted by atomic mass is 32.1. The monoisotopic (exact) mass is 807 g/mol. The van der Waals surface area contributed by atoms with E-state index in [2.05, 4.69) is 32.8 Å². The molecule has 14 nitrogen and oxygen atoms in total. The standard InChI is InChI=1S/C40H50N5O9PS/c46-32(28-54-55-49)27-52-20-7-18-41-37(47)12-5-6-13-38(48)44-26-31-8-1-2-9-34(31)40-39(35-10-3-4-11-36(35)44)42-43-45(40)19-21-50-22-23-51-24-25-53-33-16-14-30(29-56)15-17-33/h1-4,8-11,14-17,32,46,56H,5-7,12-13,18-29H2,(H,41,47). The largest absolute Gasteiger partial charge is 0.491 e. The molecule has 1 unspecified atom stereocenters. The lowest BCUT2D eigenvalue weighted by Crippen LogP contribution is -2.31. The van der Waals surface area contributed by atoms with Crippen LogP contribution in [0.25, 0.3) is 22.5 Å². The molecule has 0 fully saturated rings. The first kappa shape index (κ1) is 42.9. The van der Waals surface area contributed by atoms with Crippen molar-refractivity contribution in [2.45, 2.75) is 57.1 Å². The van der Waals surface area contributed by atoms with Crippen LogP contribution in [0.1, 0.15) is 43.2 Å². The van der Waals surface area contributed by atoms with Crippen molar-refractivity contribution in [3.05, 3.63) is 83.9 Å². The van der Waals surface area contributed by atoms with Crippen LogP contribution in [0.2, 0.25) is 0 Å². The van der Waals surface area contributed by atoms with Crippen LogP contribution in [0.4, 0.5) is 5.69 Å². The van der Waals surface area contributed by atoms with Crippen molar-refractivity contribution in [3.8, 4) is 28.3 Å². The van der Waals surface area contributed by atoms with E-state index in [1.807, 2.05) is 82.4 Å². The van der Waals surface area contributed by atoms with Gasteiger partial charge >= 0.3 is 8.69 Å². The summed E-state index contributed by atoms with van der Waals surface area (Å²) in [4.78, 5) is 28.0. The van der Waals surface area contributed by atoms with Gasteiger partial charge in [0.1, 0.15) is 24.2 Å². The number of para-hydroxylation sites is 1. The average molecular weight is 808 g/mol. The van der Waals surface area contributed by atoms with Crippen LogP contribution in [0.5, 0.6) is 5.75 Å². The summed E-state index contributed by atoms with van der Waals surface area (Å²) in [6, 6.07) is 23.6. The summed E-state index contributed by atoms with van der Waals surface area (Å²) >= 11 is 4.28. The molecule has 0 spiro atoms. The number of aliphatic hydroxyl groups is 1. The molecule has 0 bridgehead atoms. The normalized spacial score (nSPS) is 12.6. The van der Waals surface area contributed by atoms with E-state index in [-0.39, 0.29) is 31.4 Å². The van der Waals surface area contributed by atoms with Crippen LogP contribution in [-0.2, 0) is 51.7 Å². The van der Waals surface area contributed by atoms with Gasteiger partial charge in [-0.3, -0.25) is 14.1 Å². The number of anilines is 1. The summed E-state index contributed by atoms with van der Waals surface area (Å²) < 4.78 is 39.4. The Morgan fingerprint density at radius 1 is 0.839 bits per heavy atom. The van der Waals surface area contributed by atoms with Crippen molar-refractivity contribution in [1.82, 2.24) is 20.3 Å². The maximum atomic E-state index is 13.8. The smallest absolute Gasteiger partial charge is 0.327 e. The lowest BCUT2D eigenvalue weighted by atomic mass is 9.95. The number of benzene rings is 3. The fourth-order valence-corrected chi connectivity index (χ4v) is 6.59. The van der Waals surface area contributed by atoms with Crippen LogP contribution < -0.4 is 15.0 Å². The highest BCUT2D eigenvalue weighted by Gasteiger charge is 2.28. The molecule has 0 saturated carbocycles. The number of thiol groups is 1. The minimum Gasteiger partial charge on any atom is -0.491 e. The van der Waals surface area contributed by atoms with E-state index in [9.17, 15) is 19.3 Å². The number of ether oxygens (including phenoxy) is 4. The number of carbonyl (C=O) groups is 2. The fourth-order valence-electron chi connectivity index (χ4n) is 6.15. The number of rotatable bonds is 25. The van der Waals surface area contributed by atoms with E-state index >= 15 is 0 Å². The summed E-state index contributed by atoms with van der Waals surface area (Å²) in [6.07, 6.45) is 1.44. The van der Waals surface area contributed by atoms with Crippen LogP contribution in [0, 0.1) is 0 Å². The molecule has 0 aliphatic carbocycles. The van der Waals surface area contributed by atoms with Crippen LogP contribution >= 0.6 is 21.3 Å². The van der Waals surface area contributed by atoms with Crippen molar-refractivity contribution in [2.24, 2.45) is 0 Å². The number of aliphatic hydroxyl groups excluding tert-OH is 1. The van der Waals surface area contributed by atoms with E-state index in [1.54, 1.807) is 0 Å². The third-order valence-electron chi connectivity index (χ3n) is 8.97. The summed E-state index contributed by atoms with van der Waals surface area (Å²) in [5.41, 5.74) is 6.22. The van der Waals surface area contributed by atoms with Gasteiger partial charge in [-0.05, 0) is 48.6 Å². The lowest BCUT2D eigenvalue weighted by molar-refractivity contribution is -0.122. The number of nitrogens with zero attached hydrogens (tertiary/aromatic N) is 4. The molecule has 56 heavy (non-hydrogen) atoms. The van der Waals surface area contributed by atoms with Crippen molar-refractivity contribution in [3.63, 3.8) is 0 Å². The predicted octanol–water partition coefficient (Wildman–Crippen LogP) is 5.67. The molecule has 1 atom stereocenters. The van der Waals surface area contributed by atoms with Gasteiger partial charge in [0.05, 0.1) is 64.1 Å². The molecular weight excluding hydrogens is 758 g/mol. The summed E-state index contributed by atoms with van der Waals surface area (Å²) in [6.45, 7) is 3.83. The Hall–Kier alpha value is -4.21. The second kappa shape index (κ2) is 23.8. The molecule has 16 heteroatoms. The molecule has 1 aliphatic rings. The fraction of sp³-hybridized carbons (Fsp3) is 0.450. The predicted molar refractivity (Wildman–Crippen MR) is 215 cm³/mol. The highest BCUT2D eigenvalue weighted by molar-refractivity contribution is 7.79. The molecule has 2 heterocycles. The zero-order valence-corrected chi connectivity index (χ0v) is 33.2. The Kier molecular flexibility index (Phi) is 18.2. The molecule has 1 aromatic heterocycles. The Balaban J connectivity index is 1.08. The topological polar surface area (TPSA) is 164 Å². The van der Waals surface area contributed by atoms with Gasteiger partial charge in [0, 0.05) is 42.9 Å². The zero-order chi connectivity index (χ0) is 39.4. The van der Waals surface area contributed by atoms with Crippen molar-refractivity contribution >= 4 is 38.8 Å². The second-order valence-electron chi connectivity index (χ2n) is 13.0. The van der Waals surface area contributed by atoms with E-state index in [4.69, 9.17) is 18.9 Å². The average Bonchev–Trinajstić information content (AvgIpc) is 3.63. The number of unbranched alkanes of at least 4 members (excludes halogenated alkanes) is 1. The first-order chi connectivity index (χ1) is 27.5. The third-order valence-corrected chi connectivity index (χ3v) is 9.59. The number of fused-ring (bicyclic) bond motifs is 5. The Labute approximate surface area is 334 Å². The maximum Gasteiger partial charge on any atom is 0.327 e. The quantitative estimate of drug-likeness (QED) is 0.0430. The van der Waals surface area contributed by atoms with E-state index in [0.29, 0.717) is 96.4 Å². The molecule has 0 radical (unpaired) electrons. The Bertz CT molecular complexity index is 1830. The van der Waals surface area contributed by atoms with Crippen molar-refractivity contribution < 1.29 is 42.7 Å². The first-order valence-corrected chi connectivity index (χ1v) is 20.2. The number of carbonyl (C=O) groups excluding carboxylic acids is 2. The van der Waals surface area contributed by atoms with Gasteiger partial charge in [-0.2, -0.15) is 12.6 Å². The number of amides is 2. The van der Waals surface area contributed by atoms with Gasteiger partial charge in [0.2, 0.25) is 11.8 Å². The number of hydrogen-bond acceptors (Lipinski definition) is 12. The SMILES string of the molecule is O=POCC(O)COCCCNC(=O)CCCCC(=O)N1Cc2ccccc2-c2c(nnn2CCOCCOCCOc2ccc(CS)cc2)-c2ccccc21. The molecule has 1 aliphatic heterocycles. The molecule has 2 amide bonds. The van der Waals surface area contributed by atoms with Gasteiger partial charge in [-0.15, -0.1) is 5.10 Å². The van der Waals surface area contributed by atoms with Crippen LogP contribution in [0.3, 0.4) is 0 Å². The van der Waals surface area contributed by atoms with Gasteiger partial charge < -0.3 is 34.3 Å². The maximum absolute atomic E-state index is 13.8. The number of hydrogen-bond donors (Lipinski definition) is 3. The third kappa shape index (κ3) is 13.2. The van der Waals surface area contributed by atoms with E-state index < -0.39 is 14.8 Å². The Morgan fingerprint density at radius 3 is 2.38 bits per heavy atom. The highest BCUT2D eigenvalue weighted by Crippen LogP contribution is 2.41. The van der Waals surface area contributed by atoms with Gasteiger partial charge in [-0.1, -0.05) is 59.8 Å². The van der Waals surface area contributed by atoms with Crippen molar-refractivity contribution in [2.75, 3.05) is 64.3 Å². The van der Waals surface area contributed by atoms with Gasteiger partial charge in [-0.25, -0.2) is 9.25 Å². The summed E-state index contributed by atoms with van der Waals surface area (Å²) in [7, 11) is -0.485. The van der Waals surface area contributed by atoms with E-state index in [1.165, 1.54) is 0 Å². The number of aromatic nitrogens is 3. The number of nitrogens with one attached hydrogen (secondary N) is 1. The zero-order valence-electron chi connectivity index (χ0n) is 31.4. The summed E-state index contributed by atoms with van der Waals surface area (Å²) in [5, 5.41) is 21.6. The molecule has 300 valence electrons. The molecular formula is C40H50N5O9PS. The minimum absolute atomic E-state index is 0.0342. The molecule has 2 N–H and O–H groups in total. The van der Waals surface area contributed by atoms with Crippen LogP contribution in [0.15, 0.2) is 72.8 Å². The van der Waals surface area contributed by atoms with Crippen molar-refractivity contribution in [1.29, 1.82) is 0 Å². The molecule has 5 rings (SSSR count). The van der Waals surface area contributed by atoms with E-state index in [0.717, 1.165) is 39.4 Å². The minimum atomic E-state index is -0.859. The van der Waals surface area contributed by atoms with Crippen LogP contribution in [-0.4, -0.2) is 97.4 Å². The van der Waals surface area contributed by atoms with Gasteiger partial charge in [0.15, 0.2) is 0 Å². The first-order valence-electron chi connectivity index (χ1n) is 18.8. The summed E-state index contributed by atoms with van der Waals surface area (Å²) in [5.74, 6) is 1.37. The lowest BCUT2D eigenvalue weighted by Gasteiger charge is -2.28. The second-order valence-corrected chi connectivity index (χ2v) is 13.8. The van der Waals surface area contributed by atoms with Gasteiger partial charge in [0.25, 0.3) is 0 Å².